The van der Waals surface area contributed by atoms with Gasteiger partial charge < -0.3 is 0 Å². The van der Waals surface area contributed by atoms with Gasteiger partial charge >= 0.3 is 0 Å². The molecule has 2 aromatic carbocycles. The van der Waals surface area contributed by atoms with Crippen LogP contribution in [0.2, 0.25) is 0 Å². The van der Waals surface area contributed by atoms with Gasteiger partial charge in [0, 0.05) is 11.8 Å². The van der Waals surface area contributed by atoms with Crippen molar-refractivity contribution in [3.8, 4) is 0 Å². The molecule has 2 aliphatic carbocycles. The van der Waals surface area contributed by atoms with E-state index in [-0.39, 0.29) is 0 Å². The first-order chi connectivity index (χ1) is 18.4. The Morgan fingerprint density at radius 1 is 0.667 bits per heavy atom. The Morgan fingerprint density at radius 2 is 1.03 bits per heavy atom. The molecule has 4 rings (SSSR count). The molecule has 2 aliphatic rings. The summed E-state index contributed by atoms with van der Waals surface area (Å²) in [6.45, 7) is 0. The van der Waals surface area contributed by atoms with Crippen molar-refractivity contribution in [3.05, 3.63) is 132 Å². The fourth-order valence-corrected chi connectivity index (χ4v) is 7.19. The quantitative estimate of drug-likeness (QED) is 0.228. The first-order valence-electron chi connectivity index (χ1n) is 12.0. The zero-order valence-electron chi connectivity index (χ0n) is 20.5. The van der Waals surface area contributed by atoms with Crippen molar-refractivity contribution >= 4 is 45.2 Å². The topological polar surface area (TPSA) is 34.1 Å². The molecule has 2 aromatic rings. The van der Waals surface area contributed by atoms with Crippen LogP contribution in [0.5, 0.6) is 0 Å². The minimum atomic E-state index is -3.88. The molecular weight excluding hydrogens is 571 g/mol. The number of halogens is 6. The highest BCUT2D eigenvalue weighted by molar-refractivity contribution is 7.91. The van der Waals surface area contributed by atoms with Crippen molar-refractivity contribution in [2.75, 3.05) is 11.5 Å². The van der Waals surface area contributed by atoms with Gasteiger partial charge in [-0.15, -0.1) is 23.2 Å². The zero-order chi connectivity index (χ0) is 28.3. The monoisotopic (exact) mass is 594 g/mol. The van der Waals surface area contributed by atoms with E-state index in [1.807, 2.05) is 0 Å². The molecule has 4 unspecified atom stereocenters. The second kappa shape index (κ2) is 11.7. The molecular formula is C30H24Cl2F4O2S. The van der Waals surface area contributed by atoms with Crippen LogP contribution in [0.1, 0.15) is 11.1 Å². The Labute approximate surface area is 235 Å². The van der Waals surface area contributed by atoms with Crippen LogP contribution in [-0.2, 0) is 9.84 Å². The van der Waals surface area contributed by atoms with Crippen molar-refractivity contribution in [3.63, 3.8) is 0 Å². The molecule has 0 N–H and O–H groups in total. The highest BCUT2D eigenvalue weighted by Gasteiger charge is 2.41. The van der Waals surface area contributed by atoms with Crippen molar-refractivity contribution < 1.29 is 26.0 Å². The smallest absolute Gasteiger partial charge is 0.151 e. The Bertz CT molecular complexity index is 1380. The molecule has 2 nitrogen and oxygen atoms in total. The standard InChI is InChI=1S/C30H24Cl2F4O2S/c31-29(15-13-21-1-7-25(33)8-2-21)17-27(35)11-5-23(29)19-39(37,38)20-24-6-12-28(36)18-30(24,32)16-14-22-3-9-26(34)10-4-22/h1-18,23-24H,19-20H2/b15-13+,16-14+. The fourth-order valence-electron chi connectivity index (χ4n) is 4.36. The zero-order valence-corrected chi connectivity index (χ0v) is 22.8. The van der Waals surface area contributed by atoms with E-state index in [2.05, 4.69) is 0 Å². The molecule has 0 heterocycles. The van der Waals surface area contributed by atoms with Gasteiger partial charge in [-0.25, -0.2) is 26.0 Å². The van der Waals surface area contributed by atoms with Crippen LogP contribution in [-0.4, -0.2) is 29.7 Å². The number of allylic oxidation sites excluding steroid dienone is 10. The number of alkyl halides is 2. The third-order valence-corrected chi connectivity index (χ3v) is 9.26. The Morgan fingerprint density at radius 3 is 1.38 bits per heavy atom. The number of benzene rings is 2. The van der Waals surface area contributed by atoms with Gasteiger partial charge in [0.05, 0.1) is 21.3 Å². The lowest BCUT2D eigenvalue weighted by Gasteiger charge is -2.33. The number of rotatable bonds is 8. The van der Waals surface area contributed by atoms with Gasteiger partial charge in [-0.1, -0.05) is 60.7 Å². The normalized spacial score (nSPS) is 27.2. The average molecular weight is 595 g/mol. The summed E-state index contributed by atoms with van der Waals surface area (Å²) in [6, 6.07) is 11.1. The van der Waals surface area contributed by atoms with Gasteiger partial charge in [-0.05, 0) is 59.7 Å². The molecule has 4 atom stereocenters. The average Bonchev–Trinajstić information content (AvgIpc) is 2.87. The minimum absolute atomic E-state index is 0.419. The summed E-state index contributed by atoms with van der Waals surface area (Å²) in [7, 11) is -3.88. The van der Waals surface area contributed by atoms with Crippen LogP contribution in [0.15, 0.2) is 109 Å². The van der Waals surface area contributed by atoms with Gasteiger partial charge in [-0.3, -0.25) is 0 Å². The van der Waals surface area contributed by atoms with E-state index in [0.29, 0.717) is 11.1 Å². The molecule has 0 amide bonds. The largest absolute Gasteiger partial charge is 0.229 e. The molecule has 39 heavy (non-hydrogen) atoms. The van der Waals surface area contributed by atoms with Gasteiger partial charge in [0.15, 0.2) is 9.84 Å². The predicted molar refractivity (Wildman–Crippen MR) is 150 cm³/mol. The van der Waals surface area contributed by atoms with E-state index in [4.69, 9.17) is 23.2 Å². The lowest BCUT2D eigenvalue weighted by atomic mass is 9.87. The summed E-state index contributed by atoms with van der Waals surface area (Å²) in [4.78, 5) is -3.01. The van der Waals surface area contributed by atoms with Gasteiger partial charge in [0.25, 0.3) is 0 Å². The van der Waals surface area contributed by atoms with Crippen molar-refractivity contribution in [1.82, 2.24) is 0 Å². The number of sulfone groups is 1. The Hall–Kier alpha value is -2.87. The third kappa shape index (κ3) is 7.62. The van der Waals surface area contributed by atoms with Gasteiger partial charge in [0.1, 0.15) is 23.3 Å². The SMILES string of the molecule is O=S(=O)(CC1C=CC(F)=CC1(Cl)/C=C/c1ccc(F)cc1)CC1C=CC(F)=CC1(Cl)/C=C/c1ccc(F)cc1. The highest BCUT2D eigenvalue weighted by atomic mass is 35.5. The van der Waals surface area contributed by atoms with Crippen LogP contribution in [0.4, 0.5) is 17.6 Å². The first kappa shape index (κ1) is 29.1. The summed E-state index contributed by atoms with van der Waals surface area (Å²) < 4.78 is 81.6. The molecule has 0 aliphatic heterocycles. The molecule has 204 valence electrons. The summed E-state index contributed by atoms with van der Waals surface area (Å²) in [5.74, 6) is -4.62. The minimum Gasteiger partial charge on any atom is -0.229 e. The molecule has 0 fully saturated rings. The van der Waals surface area contributed by atoms with E-state index in [1.165, 1.54) is 72.8 Å². The van der Waals surface area contributed by atoms with E-state index in [9.17, 15) is 26.0 Å². The lowest BCUT2D eigenvalue weighted by molar-refractivity contribution is 0.536. The van der Waals surface area contributed by atoms with Crippen LogP contribution in [0, 0.1) is 23.5 Å². The summed E-state index contributed by atoms with van der Waals surface area (Å²) >= 11 is 13.5. The van der Waals surface area contributed by atoms with Crippen LogP contribution in [0.3, 0.4) is 0 Å². The molecule has 0 saturated carbocycles. The van der Waals surface area contributed by atoms with Gasteiger partial charge in [-0.2, -0.15) is 0 Å². The van der Waals surface area contributed by atoms with Crippen LogP contribution < -0.4 is 0 Å². The molecule has 0 radical (unpaired) electrons. The third-order valence-electron chi connectivity index (χ3n) is 6.50. The first-order valence-corrected chi connectivity index (χ1v) is 14.5. The maximum Gasteiger partial charge on any atom is 0.151 e. The highest BCUT2D eigenvalue weighted by Crippen LogP contribution is 2.40. The fraction of sp³-hybridized carbons (Fsp3) is 0.200. The van der Waals surface area contributed by atoms with E-state index >= 15 is 0 Å². The van der Waals surface area contributed by atoms with Crippen LogP contribution in [0.25, 0.3) is 12.2 Å². The molecule has 9 heteroatoms. The predicted octanol–water partition coefficient (Wildman–Crippen LogP) is 8.14. The Balaban J connectivity index is 1.54. The maximum atomic E-state index is 14.2. The summed E-state index contributed by atoms with van der Waals surface area (Å²) in [6.07, 6.45) is 13.4. The van der Waals surface area contributed by atoms with E-state index in [1.54, 1.807) is 12.2 Å². The molecule has 0 aromatic heterocycles. The van der Waals surface area contributed by atoms with Gasteiger partial charge in [0.2, 0.25) is 0 Å². The second-order valence-electron chi connectivity index (χ2n) is 9.49. The second-order valence-corrected chi connectivity index (χ2v) is 13.0. The Kier molecular flexibility index (Phi) is 8.74. The lowest BCUT2D eigenvalue weighted by Crippen LogP contribution is -2.38. The van der Waals surface area contributed by atoms with Crippen molar-refractivity contribution in [1.29, 1.82) is 0 Å². The summed E-state index contributed by atoms with van der Waals surface area (Å²) in [5.41, 5.74) is 1.20. The van der Waals surface area contributed by atoms with Crippen LogP contribution >= 0.6 is 23.2 Å². The molecule has 0 spiro atoms. The summed E-state index contributed by atoms with van der Waals surface area (Å²) in [5, 5.41) is 0. The number of hydrogen-bond acceptors (Lipinski definition) is 2. The van der Waals surface area contributed by atoms with Crippen molar-refractivity contribution in [2.24, 2.45) is 11.8 Å². The van der Waals surface area contributed by atoms with E-state index < -0.39 is 66.2 Å². The maximum absolute atomic E-state index is 14.2. The number of hydrogen-bond donors (Lipinski definition) is 0. The molecule has 0 saturated heterocycles. The van der Waals surface area contributed by atoms with Crippen molar-refractivity contribution in [2.45, 2.75) is 9.75 Å². The van der Waals surface area contributed by atoms with E-state index in [0.717, 1.165) is 24.3 Å². The molecule has 0 bridgehead atoms.